The molecule has 16 unspecified atom stereocenters. The molecule has 6 bridgehead atoms. The molecule has 284 valence electrons. The number of fused-ring (bicyclic) bond motifs is 5. The van der Waals surface area contributed by atoms with Crippen molar-refractivity contribution in [2.75, 3.05) is 13.2 Å². The normalized spacial score (nSPS) is 60.0. The van der Waals surface area contributed by atoms with Crippen LogP contribution in [-0.4, -0.2) is 65.4 Å². The molecule has 12 aliphatic carbocycles. The Hall–Kier alpha value is -2.23. The Morgan fingerprint density at radius 3 is 2.11 bits per heavy atom. The molecule has 13 fully saturated rings. The highest BCUT2D eigenvalue weighted by Crippen LogP contribution is 2.89. The number of aliphatic hydroxyl groups is 1. The third-order valence-corrected chi connectivity index (χ3v) is 20.4. The van der Waals surface area contributed by atoms with Crippen molar-refractivity contribution in [2.24, 2.45) is 80.3 Å². The first-order chi connectivity index (χ1) is 25.3. The van der Waals surface area contributed by atoms with Crippen molar-refractivity contribution in [3.05, 3.63) is 24.3 Å². The van der Waals surface area contributed by atoms with Crippen LogP contribution in [0.2, 0.25) is 0 Å². The second-order valence-electron chi connectivity index (χ2n) is 21.6. The zero-order chi connectivity index (χ0) is 35.9. The maximum atomic E-state index is 14.1. The van der Waals surface area contributed by atoms with E-state index < -0.39 is 35.2 Å². The van der Waals surface area contributed by atoms with Crippen LogP contribution in [-0.2, 0) is 38.1 Å². The molecule has 0 aromatic heterocycles. The molecule has 16 atom stereocenters. The summed E-state index contributed by atoms with van der Waals surface area (Å²) in [5.41, 5.74) is -2.32. The van der Waals surface area contributed by atoms with E-state index in [2.05, 4.69) is 6.58 Å². The van der Waals surface area contributed by atoms with E-state index in [1.54, 1.807) is 19.9 Å². The number of hydrogen-bond acceptors (Lipinski definition) is 9. The number of carbonyl (C=O) groups excluding carboxylic acids is 3. The van der Waals surface area contributed by atoms with Crippen molar-refractivity contribution >= 4 is 17.9 Å². The van der Waals surface area contributed by atoms with E-state index in [0.29, 0.717) is 52.9 Å². The predicted octanol–water partition coefficient (Wildman–Crippen LogP) is 5.82. The van der Waals surface area contributed by atoms with Crippen LogP contribution in [0.15, 0.2) is 24.3 Å². The van der Waals surface area contributed by atoms with Crippen LogP contribution in [0.3, 0.4) is 0 Å². The minimum atomic E-state index is -1.87. The lowest BCUT2D eigenvalue weighted by molar-refractivity contribution is -0.412. The van der Waals surface area contributed by atoms with Gasteiger partial charge in [0, 0.05) is 11.8 Å². The number of carbonyl (C=O) groups is 3. The summed E-state index contributed by atoms with van der Waals surface area (Å²) in [7, 11) is 0. The van der Waals surface area contributed by atoms with Gasteiger partial charge in [-0.25, -0.2) is 4.79 Å². The van der Waals surface area contributed by atoms with Gasteiger partial charge in [-0.1, -0.05) is 12.7 Å². The molecule has 12 saturated carbocycles. The summed E-state index contributed by atoms with van der Waals surface area (Å²) in [5.74, 6) is 3.16. The minimum absolute atomic E-state index is 0.00977. The van der Waals surface area contributed by atoms with Crippen molar-refractivity contribution in [3.8, 4) is 0 Å². The van der Waals surface area contributed by atoms with Gasteiger partial charge >= 0.3 is 17.9 Å². The van der Waals surface area contributed by atoms with Crippen LogP contribution in [0.1, 0.15) is 104 Å². The predicted molar refractivity (Wildman–Crippen MR) is 186 cm³/mol. The Labute approximate surface area is 311 Å². The molecular weight excluding hydrogens is 672 g/mol. The molecule has 0 amide bonds. The fraction of sp³-hybridized carbons (Fsp3) is 0.841. The maximum absolute atomic E-state index is 14.1. The molecule has 13 rings (SSSR count). The van der Waals surface area contributed by atoms with Crippen LogP contribution in [0.25, 0.3) is 0 Å². The van der Waals surface area contributed by atoms with Crippen molar-refractivity contribution < 1.29 is 43.2 Å². The van der Waals surface area contributed by atoms with Gasteiger partial charge in [-0.05, 0) is 173 Å². The van der Waals surface area contributed by atoms with Gasteiger partial charge in [-0.2, -0.15) is 0 Å². The summed E-state index contributed by atoms with van der Waals surface area (Å²) in [5, 5.41) is 11.3. The maximum Gasteiger partial charge on any atom is 0.347 e. The Morgan fingerprint density at radius 1 is 0.774 bits per heavy atom. The Kier molecular flexibility index (Phi) is 5.51. The Morgan fingerprint density at radius 2 is 1.47 bits per heavy atom. The second kappa shape index (κ2) is 9.15. The second-order valence-corrected chi connectivity index (χ2v) is 21.6. The standard InChI is InChI=1S/C44H54O9/c1-4-5-43(48,22(2)3)36(47)53-38-15-28-10-32-41(28,21-38)33(17-38)44(32)51-30(18-49-34(45)37-13-26-7-24-8-27(14-37)40(24,26)20-37)31(52-44)19-50-35(46)39-11-23-6-25-9-29(16-39)42(25,39)12-23/h4-5,23-33,48H,2,6-21H2,1,3H3/b5-4+. The number of allylic oxidation sites excluding steroid dienone is 1. The summed E-state index contributed by atoms with van der Waals surface area (Å²) in [6.45, 7) is 7.51. The monoisotopic (exact) mass is 726 g/mol. The summed E-state index contributed by atoms with van der Waals surface area (Å²) in [6, 6.07) is 0. The molecule has 53 heavy (non-hydrogen) atoms. The van der Waals surface area contributed by atoms with E-state index in [4.69, 9.17) is 23.7 Å². The molecule has 9 heteroatoms. The van der Waals surface area contributed by atoms with Crippen LogP contribution >= 0.6 is 0 Å². The van der Waals surface area contributed by atoms with Crippen LogP contribution < -0.4 is 0 Å². The molecule has 1 N–H and O–H groups in total. The molecule has 1 saturated heterocycles. The first kappa shape index (κ1) is 31.9. The first-order valence-electron chi connectivity index (χ1n) is 21.3. The average molecular weight is 727 g/mol. The van der Waals surface area contributed by atoms with Crippen molar-refractivity contribution in [3.63, 3.8) is 0 Å². The summed E-state index contributed by atoms with van der Waals surface area (Å²) in [6.07, 6.45) is 16.3. The van der Waals surface area contributed by atoms with E-state index >= 15 is 0 Å². The average Bonchev–Trinajstić information content (AvgIpc) is 3.93. The summed E-state index contributed by atoms with van der Waals surface area (Å²) in [4.78, 5) is 41.8. The van der Waals surface area contributed by atoms with Gasteiger partial charge in [0.1, 0.15) is 31.0 Å². The number of hydrogen-bond donors (Lipinski definition) is 1. The van der Waals surface area contributed by atoms with Crippen LogP contribution in [0.5, 0.6) is 0 Å². The fourth-order valence-corrected chi connectivity index (χ4v) is 18.8. The van der Waals surface area contributed by atoms with Gasteiger partial charge < -0.3 is 28.8 Å². The van der Waals surface area contributed by atoms with Gasteiger partial charge in [0.2, 0.25) is 5.60 Å². The molecule has 0 radical (unpaired) electrons. The largest absolute Gasteiger partial charge is 0.462 e. The van der Waals surface area contributed by atoms with Gasteiger partial charge in [0.15, 0.2) is 5.79 Å². The molecule has 4 spiro atoms. The highest BCUT2D eigenvalue weighted by atomic mass is 16.8. The van der Waals surface area contributed by atoms with Gasteiger partial charge in [0.25, 0.3) is 0 Å². The Bertz CT molecular complexity index is 1840. The number of esters is 3. The third-order valence-electron chi connectivity index (χ3n) is 20.4. The number of rotatable bonds is 10. The van der Waals surface area contributed by atoms with Crippen molar-refractivity contribution in [1.29, 1.82) is 0 Å². The molecule has 13 aliphatic rings. The highest BCUT2D eigenvalue weighted by molar-refractivity contribution is 5.86. The first-order valence-corrected chi connectivity index (χ1v) is 21.3. The lowest BCUT2D eigenvalue weighted by atomic mass is 9.32. The van der Waals surface area contributed by atoms with E-state index in [1.807, 2.05) is 0 Å². The van der Waals surface area contributed by atoms with Crippen molar-refractivity contribution in [2.45, 2.75) is 133 Å². The SMILES string of the molecule is C=C(C)C(O)(/C=C/C)C(=O)OC12CC3CC4C5(OC(COC(=O)C67CC8CC9CC(C6)C98C7)C(COC(=O)C67CC8CC9CC(C6)C97C8)O5)C(C1)C34C2. The molecule has 0 aromatic carbocycles. The lowest BCUT2D eigenvalue weighted by Crippen LogP contribution is -2.76. The van der Waals surface area contributed by atoms with E-state index in [-0.39, 0.29) is 58.6 Å². The van der Waals surface area contributed by atoms with E-state index in [9.17, 15) is 19.5 Å². The van der Waals surface area contributed by atoms with E-state index in [0.717, 1.165) is 57.3 Å². The molecule has 9 nitrogen and oxygen atoms in total. The van der Waals surface area contributed by atoms with E-state index in [1.165, 1.54) is 38.2 Å². The molecule has 1 heterocycles. The summed E-state index contributed by atoms with van der Waals surface area (Å²) < 4.78 is 33.1. The fourth-order valence-electron chi connectivity index (χ4n) is 18.8. The smallest absolute Gasteiger partial charge is 0.347 e. The van der Waals surface area contributed by atoms with Crippen molar-refractivity contribution in [1.82, 2.24) is 0 Å². The van der Waals surface area contributed by atoms with Gasteiger partial charge in [-0.3, -0.25) is 9.59 Å². The Balaban J connectivity index is 0.758. The minimum Gasteiger partial charge on any atom is -0.462 e. The summed E-state index contributed by atoms with van der Waals surface area (Å²) >= 11 is 0. The zero-order valence-electron chi connectivity index (χ0n) is 31.2. The van der Waals surface area contributed by atoms with Crippen LogP contribution in [0, 0.1) is 80.3 Å². The van der Waals surface area contributed by atoms with Gasteiger partial charge in [0.05, 0.1) is 10.8 Å². The quantitative estimate of drug-likeness (QED) is 0.169. The van der Waals surface area contributed by atoms with Crippen LogP contribution in [0.4, 0.5) is 0 Å². The number of ether oxygens (including phenoxy) is 5. The van der Waals surface area contributed by atoms with Gasteiger partial charge in [-0.15, -0.1) is 0 Å². The third kappa shape index (κ3) is 3.12. The highest BCUT2D eigenvalue weighted by Gasteiger charge is 2.90. The molecule has 1 aliphatic heterocycles. The lowest BCUT2D eigenvalue weighted by Gasteiger charge is -2.73. The molecule has 0 aromatic rings. The topological polar surface area (TPSA) is 118 Å². The zero-order valence-corrected chi connectivity index (χ0v) is 31.2. The molecular formula is C44H54O9.